The molecule has 0 heterocycles. The van der Waals surface area contributed by atoms with E-state index in [1.165, 1.54) is 0 Å². The molecule has 0 bridgehead atoms. The van der Waals surface area contributed by atoms with Gasteiger partial charge in [-0.1, -0.05) is 31.2 Å². The Labute approximate surface area is 120 Å². The third kappa shape index (κ3) is 16.8. The van der Waals surface area contributed by atoms with E-state index < -0.39 is 10.4 Å². The summed E-state index contributed by atoms with van der Waals surface area (Å²) in [5, 5.41) is 0. The second-order valence-corrected chi connectivity index (χ2v) is 4.01. The molecule has 0 unspecified atom stereocenters. The number of allylic oxidation sites excluding steroid dienone is 4. The van der Waals surface area contributed by atoms with Gasteiger partial charge in [-0.2, -0.15) is 0 Å². The first-order valence-electron chi connectivity index (χ1n) is 4.96. The van der Waals surface area contributed by atoms with Crippen LogP contribution in [0.3, 0.4) is 0 Å². The van der Waals surface area contributed by atoms with Gasteiger partial charge in [0.1, 0.15) is 0 Å². The molecule has 0 radical (unpaired) electrons. The quantitative estimate of drug-likeness (QED) is 0.187. The van der Waals surface area contributed by atoms with E-state index in [0.29, 0.717) is 6.42 Å². The predicted molar refractivity (Wildman–Crippen MR) is 58.1 cm³/mol. The summed E-state index contributed by atoms with van der Waals surface area (Å²) in [5.74, 6) is 0. The molecule has 0 spiro atoms. The van der Waals surface area contributed by atoms with E-state index in [-0.39, 0.29) is 36.2 Å². The van der Waals surface area contributed by atoms with Crippen molar-refractivity contribution >= 4 is 10.4 Å². The van der Waals surface area contributed by atoms with E-state index in [2.05, 4.69) is 23.3 Å². The molecule has 0 saturated carbocycles. The Kier molecular flexibility index (Phi) is 13.8. The molecule has 6 heteroatoms. The Bertz CT molecular complexity index is 296. The van der Waals surface area contributed by atoms with Gasteiger partial charge < -0.3 is 4.55 Å². The second kappa shape index (κ2) is 11.8. The molecule has 0 aliphatic heterocycles. The molecule has 0 fully saturated rings. The molecule has 0 aliphatic carbocycles. The third-order valence-corrected chi connectivity index (χ3v) is 2.04. The Balaban J connectivity index is 0. The minimum absolute atomic E-state index is 0. The first-order valence-corrected chi connectivity index (χ1v) is 6.30. The monoisotopic (exact) mass is 256 g/mol. The Morgan fingerprint density at radius 3 is 2.38 bits per heavy atom. The van der Waals surface area contributed by atoms with Crippen LogP contribution in [0.4, 0.5) is 0 Å². The summed E-state index contributed by atoms with van der Waals surface area (Å²) in [6.45, 7) is 2.03. The molecule has 16 heavy (non-hydrogen) atoms. The van der Waals surface area contributed by atoms with Gasteiger partial charge >= 0.3 is 29.6 Å². The van der Waals surface area contributed by atoms with Gasteiger partial charge in [-0.05, 0) is 25.7 Å². The SMILES string of the molecule is CC/C=C/C/C=C\CCCOS(=O)(=O)[O-].[Na+]. The topological polar surface area (TPSA) is 66.4 Å². The van der Waals surface area contributed by atoms with Crippen LogP contribution in [-0.2, 0) is 14.6 Å². The van der Waals surface area contributed by atoms with E-state index in [1.54, 1.807) is 0 Å². The molecular formula is C10H17NaO4S. The third-order valence-electron chi connectivity index (χ3n) is 1.58. The van der Waals surface area contributed by atoms with Gasteiger partial charge in [0.25, 0.3) is 0 Å². The number of rotatable bonds is 8. The van der Waals surface area contributed by atoms with Crippen molar-refractivity contribution in [3.05, 3.63) is 24.3 Å². The van der Waals surface area contributed by atoms with Crippen molar-refractivity contribution in [2.24, 2.45) is 0 Å². The Hall–Kier alpha value is 0.350. The minimum atomic E-state index is -4.51. The average Bonchev–Trinajstić information content (AvgIpc) is 2.14. The van der Waals surface area contributed by atoms with Crippen molar-refractivity contribution in [1.29, 1.82) is 0 Å². The van der Waals surface area contributed by atoms with Crippen molar-refractivity contribution in [2.45, 2.75) is 32.6 Å². The van der Waals surface area contributed by atoms with Gasteiger partial charge in [-0.25, -0.2) is 8.42 Å². The van der Waals surface area contributed by atoms with E-state index in [1.807, 2.05) is 12.2 Å². The van der Waals surface area contributed by atoms with Crippen LogP contribution in [0.25, 0.3) is 0 Å². The van der Waals surface area contributed by atoms with Crippen LogP contribution in [0.2, 0.25) is 0 Å². The summed E-state index contributed by atoms with van der Waals surface area (Å²) >= 11 is 0. The van der Waals surface area contributed by atoms with Gasteiger partial charge in [0, 0.05) is 0 Å². The van der Waals surface area contributed by atoms with E-state index in [0.717, 1.165) is 19.3 Å². The standard InChI is InChI=1S/C10H18O4S.Na/c1-2-3-4-5-6-7-8-9-10-14-15(11,12)13;/h3-4,6-7H,2,5,8-10H2,1H3,(H,11,12,13);/q;+1/p-1/b4-3+,7-6-;. The summed E-state index contributed by atoms with van der Waals surface area (Å²) in [5.41, 5.74) is 0. The van der Waals surface area contributed by atoms with E-state index in [4.69, 9.17) is 0 Å². The summed E-state index contributed by atoms with van der Waals surface area (Å²) in [4.78, 5) is 0. The number of hydrogen-bond donors (Lipinski definition) is 0. The average molecular weight is 256 g/mol. The fourth-order valence-electron chi connectivity index (χ4n) is 0.918. The van der Waals surface area contributed by atoms with Crippen molar-refractivity contribution < 1.29 is 46.7 Å². The van der Waals surface area contributed by atoms with Crippen molar-refractivity contribution in [1.82, 2.24) is 0 Å². The second-order valence-electron chi connectivity index (χ2n) is 2.96. The normalized spacial score (nSPS) is 12.1. The summed E-state index contributed by atoms with van der Waals surface area (Å²) < 4.78 is 34.1. The first kappa shape index (κ1) is 18.7. The van der Waals surface area contributed by atoms with Gasteiger partial charge in [0.15, 0.2) is 0 Å². The summed E-state index contributed by atoms with van der Waals surface area (Å²) in [7, 11) is -4.51. The Morgan fingerprint density at radius 2 is 1.81 bits per heavy atom. The van der Waals surface area contributed by atoms with Crippen LogP contribution < -0.4 is 29.6 Å². The number of unbranched alkanes of at least 4 members (excludes halogenated alkanes) is 1. The molecule has 0 aliphatic rings. The molecule has 0 aromatic carbocycles. The molecule has 0 rings (SSSR count). The zero-order chi connectivity index (χ0) is 11.6. The maximum Gasteiger partial charge on any atom is 1.00 e. The van der Waals surface area contributed by atoms with Crippen LogP contribution in [-0.4, -0.2) is 19.6 Å². The summed E-state index contributed by atoms with van der Waals surface area (Å²) in [6.07, 6.45) is 11.3. The van der Waals surface area contributed by atoms with Crippen LogP contribution in [0.1, 0.15) is 32.6 Å². The Morgan fingerprint density at radius 1 is 1.19 bits per heavy atom. The fourth-order valence-corrected chi connectivity index (χ4v) is 1.24. The zero-order valence-corrected chi connectivity index (χ0v) is 12.7. The number of hydrogen-bond acceptors (Lipinski definition) is 4. The maximum atomic E-state index is 10.0. The molecule has 88 valence electrons. The van der Waals surface area contributed by atoms with Crippen LogP contribution in [0.5, 0.6) is 0 Å². The van der Waals surface area contributed by atoms with Crippen molar-refractivity contribution in [3.8, 4) is 0 Å². The smallest absolute Gasteiger partial charge is 0.726 e. The largest absolute Gasteiger partial charge is 1.00 e. The summed E-state index contributed by atoms with van der Waals surface area (Å²) in [6, 6.07) is 0. The van der Waals surface area contributed by atoms with Crippen LogP contribution in [0, 0.1) is 0 Å². The fraction of sp³-hybridized carbons (Fsp3) is 0.600. The molecule has 4 nitrogen and oxygen atoms in total. The van der Waals surface area contributed by atoms with Gasteiger partial charge in [0.2, 0.25) is 10.4 Å². The maximum absolute atomic E-state index is 10.0. The molecule has 0 atom stereocenters. The molecule has 0 N–H and O–H groups in total. The van der Waals surface area contributed by atoms with E-state index in [9.17, 15) is 13.0 Å². The van der Waals surface area contributed by atoms with Gasteiger partial charge in [0.05, 0.1) is 6.61 Å². The van der Waals surface area contributed by atoms with E-state index >= 15 is 0 Å². The van der Waals surface area contributed by atoms with Crippen LogP contribution in [0.15, 0.2) is 24.3 Å². The molecule has 0 aromatic heterocycles. The molecule has 0 amide bonds. The molecular weight excluding hydrogens is 239 g/mol. The molecule has 0 saturated heterocycles. The molecule has 0 aromatic rings. The van der Waals surface area contributed by atoms with Crippen LogP contribution >= 0.6 is 0 Å². The van der Waals surface area contributed by atoms with Gasteiger partial charge in [-0.3, -0.25) is 4.18 Å². The van der Waals surface area contributed by atoms with Crippen molar-refractivity contribution in [3.63, 3.8) is 0 Å². The minimum Gasteiger partial charge on any atom is -0.726 e. The van der Waals surface area contributed by atoms with Crippen molar-refractivity contribution in [2.75, 3.05) is 6.61 Å². The predicted octanol–water partition coefficient (Wildman–Crippen LogP) is -0.840. The van der Waals surface area contributed by atoms with Gasteiger partial charge in [-0.15, -0.1) is 0 Å². The zero-order valence-electron chi connectivity index (χ0n) is 9.89. The first-order chi connectivity index (χ1) is 7.06.